The van der Waals surface area contributed by atoms with Crippen LogP contribution in [0.4, 0.5) is 0 Å². The number of hydrogen-bond donors (Lipinski definition) is 3. The third-order valence-corrected chi connectivity index (χ3v) is 2.99. The lowest BCUT2D eigenvalue weighted by atomic mass is 10.2. The number of hydrogen-bond acceptors (Lipinski definition) is 5. The second-order valence-electron chi connectivity index (χ2n) is 4.57. The van der Waals surface area contributed by atoms with Gasteiger partial charge in [-0.1, -0.05) is 0 Å². The number of hydrazine groups is 1. The Morgan fingerprint density at radius 1 is 1.17 bits per heavy atom. The highest BCUT2D eigenvalue weighted by Gasteiger charge is 2.11. The van der Waals surface area contributed by atoms with Crippen LogP contribution in [0.25, 0.3) is 6.08 Å². The fourth-order valence-corrected chi connectivity index (χ4v) is 1.84. The van der Waals surface area contributed by atoms with Crippen LogP contribution in [-0.2, 0) is 4.79 Å². The third-order valence-electron chi connectivity index (χ3n) is 2.79. The molecule has 0 aliphatic carbocycles. The van der Waals surface area contributed by atoms with Crippen LogP contribution < -0.4 is 16.2 Å². The Labute approximate surface area is 137 Å². The summed E-state index contributed by atoms with van der Waals surface area (Å²) in [6.07, 6.45) is 4.19. The third kappa shape index (κ3) is 4.82. The van der Waals surface area contributed by atoms with Gasteiger partial charge in [0.15, 0.2) is 5.11 Å². The van der Waals surface area contributed by atoms with Gasteiger partial charge in [-0.05, 0) is 50.3 Å². The lowest BCUT2D eigenvalue weighted by molar-refractivity contribution is -0.115. The van der Waals surface area contributed by atoms with Crippen molar-refractivity contribution in [3.63, 3.8) is 0 Å². The van der Waals surface area contributed by atoms with Crippen molar-refractivity contribution in [1.29, 1.82) is 0 Å². The van der Waals surface area contributed by atoms with Crippen molar-refractivity contribution in [2.24, 2.45) is 0 Å². The van der Waals surface area contributed by atoms with Gasteiger partial charge < -0.3 is 8.83 Å². The number of aryl methyl sites for hydroxylation is 2. The average molecular weight is 333 g/mol. The van der Waals surface area contributed by atoms with Crippen LogP contribution in [0.15, 0.2) is 39.4 Å². The average Bonchev–Trinajstić information content (AvgIpc) is 3.11. The first kappa shape index (κ1) is 16.5. The summed E-state index contributed by atoms with van der Waals surface area (Å²) in [6.45, 7) is 3.47. The predicted molar refractivity (Wildman–Crippen MR) is 87.3 cm³/mol. The molecule has 2 aromatic heterocycles. The predicted octanol–water partition coefficient (Wildman–Crippen LogP) is 1.84. The van der Waals surface area contributed by atoms with Crippen molar-refractivity contribution in [2.75, 3.05) is 0 Å². The summed E-state index contributed by atoms with van der Waals surface area (Å²) in [5.41, 5.74) is 5.17. The first-order chi connectivity index (χ1) is 11.0. The van der Waals surface area contributed by atoms with Crippen LogP contribution in [0.1, 0.15) is 27.6 Å². The molecule has 7 nitrogen and oxygen atoms in total. The van der Waals surface area contributed by atoms with Gasteiger partial charge in [-0.2, -0.15) is 0 Å². The highest BCUT2D eigenvalue weighted by Crippen LogP contribution is 2.08. The topological polar surface area (TPSA) is 96.5 Å². The molecule has 0 aliphatic heterocycles. The molecule has 3 N–H and O–H groups in total. The molecule has 2 rings (SSSR count). The van der Waals surface area contributed by atoms with Gasteiger partial charge in [-0.3, -0.25) is 25.8 Å². The maximum Gasteiger partial charge on any atom is 0.273 e. The van der Waals surface area contributed by atoms with Crippen LogP contribution in [-0.4, -0.2) is 16.9 Å². The SMILES string of the molecule is Cc1ccc(/C=C/C(=O)NC(=S)NNC(=O)c2ccoc2C)o1. The van der Waals surface area contributed by atoms with Crippen molar-refractivity contribution in [3.05, 3.63) is 53.4 Å². The number of thiocarbonyl (C=S) groups is 1. The van der Waals surface area contributed by atoms with E-state index in [-0.39, 0.29) is 5.11 Å². The molecule has 0 bridgehead atoms. The fraction of sp³-hybridized carbons (Fsp3) is 0.133. The van der Waals surface area contributed by atoms with Gasteiger partial charge in [0.05, 0.1) is 11.8 Å². The number of furan rings is 2. The van der Waals surface area contributed by atoms with E-state index in [4.69, 9.17) is 21.1 Å². The normalized spacial score (nSPS) is 10.5. The van der Waals surface area contributed by atoms with Gasteiger partial charge in [0.1, 0.15) is 17.3 Å². The van der Waals surface area contributed by atoms with Gasteiger partial charge >= 0.3 is 0 Å². The van der Waals surface area contributed by atoms with E-state index in [1.54, 1.807) is 26.0 Å². The van der Waals surface area contributed by atoms with E-state index in [0.29, 0.717) is 17.1 Å². The Morgan fingerprint density at radius 3 is 2.57 bits per heavy atom. The molecule has 0 aliphatic rings. The molecular formula is C15H15N3O4S. The summed E-state index contributed by atoms with van der Waals surface area (Å²) < 4.78 is 10.3. The van der Waals surface area contributed by atoms with Crippen molar-refractivity contribution in [3.8, 4) is 0 Å². The summed E-state index contributed by atoms with van der Waals surface area (Å²) in [5, 5.41) is 2.35. The minimum Gasteiger partial charge on any atom is -0.469 e. The molecule has 2 aromatic rings. The summed E-state index contributed by atoms with van der Waals surface area (Å²) in [7, 11) is 0. The van der Waals surface area contributed by atoms with Crippen LogP contribution in [0.2, 0.25) is 0 Å². The van der Waals surface area contributed by atoms with Crippen LogP contribution in [0, 0.1) is 13.8 Å². The van der Waals surface area contributed by atoms with E-state index < -0.39 is 11.8 Å². The van der Waals surface area contributed by atoms with E-state index in [1.807, 2.05) is 0 Å². The highest BCUT2D eigenvalue weighted by atomic mass is 32.1. The molecule has 0 spiro atoms. The monoisotopic (exact) mass is 333 g/mol. The zero-order valence-corrected chi connectivity index (χ0v) is 13.3. The van der Waals surface area contributed by atoms with E-state index in [0.717, 1.165) is 5.76 Å². The van der Waals surface area contributed by atoms with E-state index in [9.17, 15) is 9.59 Å². The number of carbonyl (C=O) groups excluding carboxylic acids is 2. The number of nitrogens with one attached hydrogen (secondary N) is 3. The Kier molecular flexibility index (Phi) is 5.32. The minimum atomic E-state index is -0.453. The summed E-state index contributed by atoms with van der Waals surface area (Å²) in [5.74, 6) is 0.912. The van der Waals surface area contributed by atoms with Gasteiger partial charge in [0.25, 0.3) is 5.91 Å². The van der Waals surface area contributed by atoms with Gasteiger partial charge in [-0.15, -0.1) is 0 Å². The molecule has 120 valence electrons. The molecule has 0 saturated carbocycles. The van der Waals surface area contributed by atoms with Crippen LogP contribution in [0.3, 0.4) is 0 Å². The number of rotatable bonds is 3. The molecule has 0 atom stereocenters. The first-order valence-electron chi connectivity index (χ1n) is 6.65. The summed E-state index contributed by atoms with van der Waals surface area (Å²) in [4.78, 5) is 23.5. The molecule has 2 amide bonds. The Morgan fingerprint density at radius 2 is 1.96 bits per heavy atom. The molecule has 0 unspecified atom stereocenters. The van der Waals surface area contributed by atoms with Gasteiger partial charge in [0, 0.05) is 6.08 Å². The van der Waals surface area contributed by atoms with E-state index in [2.05, 4.69) is 16.2 Å². The standard InChI is InChI=1S/C15H15N3O4S/c1-9-3-4-11(22-9)5-6-13(19)16-15(23)18-17-14(20)12-7-8-21-10(12)2/h3-8H,1-2H3,(H,17,20)(H2,16,18,19,23)/b6-5+. The van der Waals surface area contributed by atoms with E-state index in [1.165, 1.54) is 24.5 Å². The maximum absolute atomic E-state index is 11.8. The lowest BCUT2D eigenvalue weighted by Gasteiger charge is -2.09. The smallest absolute Gasteiger partial charge is 0.273 e. The summed E-state index contributed by atoms with van der Waals surface area (Å²) >= 11 is 4.91. The minimum absolute atomic E-state index is 0.0372. The Bertz CT molecular complexity index is 760. The number of amides is 2. The van der Waals surface area contributed by atoms with E-state index >= 15 is 0 Å². The Balaban J connectivity index is 1.78. The Hall–Kier alpha value is -2.87. The molecule has 8 heteroatoms. The van der Waals surface area contributed by atoms with Crippen molar-refractivity contribution in [1.82, 2.24) is 16.2 Å². The molecule has 2 heterocycles. The number of carbonyl (C=O) groups is 2. The second kappa shape index (κ2) is 7.41. The van der Waals surface area contributed by atoms with Gasteiger partial charge in [0.2, 0.25) is 5.91 Å². The van der Waals surface area contributed by atoms with Crippen molar-refractivity contribution in [2.45, 2.75) is 13.8 Å². The largest absolute Gasteiger partial charge is 0.469 e. The van der Waals surface area contributed by atoms with Gasteiger partial charge in [-0.25, -0.2) is 0 Å². The molecule has 0 saturated heterocycles. The maximum atomic E-state index is 11.8. The molecule has 0 radical (unpaired) electrons. The van der Waals surface area contributed by atoms with Crippen molar-refractivity contribution < 1.29 is 18.4 Å². The zero-order valence-electron chi connectivity index (χ0n) is 12.5. The van der Waals surface area contributed by atoms with Crippen molar-refractivity contribution >= 4 is 35.2 Å². The first-order valence-corrected chi connectivity index (χ1v) is 7.06. The molecule has 0 fully saturated rings. The zero-order chi connectivity index (χ0) is 16.8. The fourth-order valence-electron chi connectivity index (χ4n) is 1.69. The second-order valence-corrected chi connectivity index (χ2v) is 4.98. The quantitative estimate of drug-likeness (QED) is 0.450. The summed E-state index contributed by atoms with van der Waals surface area (Å²) in [6, 6.07) is 5.06. The molecule has 23 heavy (non-hydrogen) atoms. The molecule has 0 aromatic carbocycles. The molecular weight excluding hydrogens is 318 g/mol. The van der Waals surface area contributed by atoms with Crippen LogP contribution >= 0.6 is 12.2 Å². The highest BCUT2D eigenvalue weighted by molar-refractivity contribution is 7.80. The lowest BCUT2D eigenvalue weighted by Crippen LogP contribution is -2.48. The van der Waals surface area contributed by atoms with Crippen LogP contribution in [0.5, 0.6) is 0 Å².